The van der Waals surface area contributed by atoms with Gasteiger partial charge in [-0.05, 0) is 17.9 Å². The van der Waals surface area contributed by atoms with Crippen LogP contribution in [0.4, 0.5) is 10.1 Å². The molecule has 0 fully saturated rings. The molecule has 0 saturated heterocycles. The van der Waals surface area contributed by atoms with Crippen LogP contribution in [0.25, 0.3) is 0 Å². The van der Waals surface area contributed by atoms with E-state index in [9.17, 15) is 14.3 Å². The zero-order valence-electron chi connectivity index (χ0n) is 10.8. The van der Waals surface area contributed by atoms with Crippen molar-refractivity contribution >= 4 is 40.0 Å². The molecule has 2 unspecified atom stereocenters. The lowest BCUT2D eigenvalue weighted by Gasteiger charge is -2.17. The second-order valence-corrected chi connectivity index (χ2v) is 5.91. The maximum Gasteiger partial charge on any atom is 0.236 e. The van der Waals surface area contributed by atoms with E-state index >= 15 is 0 Å². The molecular weight excluding hydrogens is 303 g/mol. The number of anilines is 1. The summed E-state index contributed by atoms with van der Waals surface area (Å²) in [5, 5.41) is 12.9. The lowest BCUT2D eigenvalue weighted by atomic mass is 10.1. The number of aliphatic hydroxyl groups excluding tert-OH is 1. The van der Waals surface area contributed by atoms with Crippen molar-refractivity contribution in [1.29, 1.82) is 0 Å². The minimum Gasteiger partial charge on any atom is -0.390 e. The van der Waals surface area contributed by atoms with E-state index in [1.807, 2.05) is 6.92 Å². The van der Waals surface area contributed by atoms with Crippen LogP contribution >= 0.6 is 23.4 Å². The monoisotopic (exact) mass is 316 g/mol. The molecule has 0 aliphatic carbocycles. The molecule has 7 heteroatoms. The standard InChI is InChI=1S/C13H14ClFN2O2S/c1-2-20-13-10(9(18)6-16-13)12(19)17-8-5-3-4-7(15)11(8)14/h3-5,9-10,18H,2,6H2,1H3,(H,17,19). The number of nitrogens with one attached hydrogen (secondary N) is 1. The summed E-state index contributed by atoms with van der Waals surface area (Å²) in [6, 6.07) is 4.17. The van der Waals surface area contributed by atoms with Gasteiger partial charge in [0.1, 0.15) is 11.7 Å². The van der Waals surface area contributed by atoms with E-state index in [-0.39, 0.29) is 17.3 Å². The van der Waals surface area contributed by atoms with E-state index in [4.69, 9.17) is 11.6 Å². The number of carbonyl (C=O) groups excluding carboxylic acids is 1. The molecule has 0 bridgehead atoms. The summed E-state index contributed by atoms with van der Waals surface area (Å²) in [6.07, 6.45) is -0.851. The van der Waals surface area contributed by atoms with Crippen LogP contribution in [-0.4, -0.2) is 34.5 Å². The summed E-state index contributed by atoms with van der Waals surface area (Å²) in [4.78, 5) is 16.4. The highest BCUT2D eigenvalue weighted by Gasteiger charge is 2.36. The van der Waals surface area contributed by atoms with Crippen molar-refractivity contribution in [1.82, 2.24) is 0 Å². The third-order valence-corrected chi connectivity index (χ3v) is 4.22. The Kier molecular flexibility index (Phi) is 5.01. The van der Waals surface area contributed by atoms with E-state index in [0.717, 1.165) is 5.75 Å². The Morgan fingerprint density at radius 1 is 1.65 bits per heavy atom. The van der Waals surface area contributed by atoms with E-state index in [0.29, 0.717) is 5.04 Å². The van der Waals surface area contributed by atoms with Gasteiger partial charge in [-0.1, -0.05) is 24.6 Å². The fourth-order valence-electron chi connectivity index (χ4n) is 1.93. The zero-order valence-corrected chi connectivity index (χ0v) is 12.3. The lowest BCUT2D eigenvalue weighted by Crippen LogP contribution is -2.35. The molecule has 2 rings (SSSR count). The molecular formula is C13H14ClFN2O2S. The van der Waals surface area contributed by atoms with E-state index in [1.54, 1.807) is 0 Å². The average Bonchev–Trinajstić information content (AvgIpc) is 2.77. The molecule has 1 aromatic carbocycles. The van der Waals surface area contributed by atoms with Crippen LogP contribution in [-0.2, 0) is 4.79 Å². The molecule has 0 spiro atoms. The SMILES string of the molecule is CCSC1=NCC(O)C1C(=O)Nc1cccc(F)c1Cl. The predicted molar refractivity (Wildman–Crippen MR) is 80.0 cm³/mol. The number of hydrogen-bond acceptors (Lipinski definition) is 4. The zero-order chi connectivity index (χ0) is 14.7. The maximum atomic E-state index is 13.3. The lowest BCUT2D eigenvalue weighted by molar-refractivity contribution is -0.120. The molecule has 1 aliphatic heterocycles. The van der Waals surface area contributed by atoms with Gasteiger partial charge in [-0.15, -0.1) is 11.8 Å². The van der Waals surface area contributed by atoms with Crippen LogP contribution in [0, 0.1) is 11.7 Å². The van der Waals surface area contributed by atoms with Crippen molar-refractivity contribution in [3.8, 4) is 0 Å². The van der Waals surface area contributed by atoms with Gasteiger partial charge >= 0.3 is 0 Å². The minimum absolute atomic E-state index is 0.144. The average molecular weight is 317 g/mol. The van der Waals surface area contributed by atoms with Gasteiger partial charge in [-0.3, -0.25) is 9.79 Å². The molecule has 2 N–H and O–H groups in total. The second kappa shape index (κ2) is 6.56. The summed E-state index contributed by atoms with van der Waals surface area (Å²) < 4.78 is 13.3. The Hall–Kier alpha value is -1.11. The molecule has 0 saturated carbocycles. The van der Waals surface area contributed by atoms with Gasteiger partial charge in [0, 0.05) is 0 Å². The Bertz CT molecular complexity index is 553. The molecule has 2 atom stereocenters. The third kappa shape index (κ3) is 3.13. The van der Waals surface area contributed by atoms with E-state index < -0.39 is 23.7 Å². The topological polar surface area (TPSA) is 61.7 Å². The first-order valence-electron chi connectivity index (χ1n) is 6.14. The number of rotatable bonds is 3. The van der Waals surface area contributed by atoms with Crippen LogP contribution in [0.2, 0.25) is 5.02 Å². The van der Waals surface area contributed by atoms with Crippen LogP contribution in [0.3, 0.4) is 0 Å². The van der Waals surface area contributed by atoms with E-state index in [2.05, 4.69) is 10.3 Å². The summed E-state index contributed by atoms with van der Waals surface area (Å²) in [5.74, 6) is -0.995. The fraction of sp³-hybridized carbons (Fsp3) is 0.385. The summed E-state index contributed by atoms with van der Waals surface area (Å²) in [6.45, 7) is 2.15. The highest BCUT2D eigenvalue weighted by molar-refractivity contribution is 8.14. The quantitative estimate of drug-likeness (QED) is 0.901. The number of aliphatic hydroxyl groups is 1. The Labute approximate surface area is 125 Å². The first-order chi connectivity index (χ1) is 9.54. The molecule has 4 nitrogen and oxygen atoms in total. The fourth-order valence-corrected chi connectivity index (χ4v) is 3.01. The third-order valence-electron chi connectivity index (χ3n) is 2.87. The number of nitrogens with zero attached hydrogens (tertiary/aromatic N) is 1. The first-order valence-corrected chi connectivity index (χ1v) is 7.51. The Morgan fingerprint density at radius 3 is 3.10 bits per heavy atom. The van der Waals surface area contributed by atoms with Gasteiger partial charge in [0.15, 0.2) is 0 Å². The summed E-state index contributed by atoms with van der Waals surface area (Å²) in [7, 11) is 0. The van der Waals surface area contributed by atoms with E-state index in [1.165, 1.54) is 30.0 Å². The minimum atomic E-state index is -0.851. The molecule has 0 aromatic heterocycles. The molecule has 1 aliphatic rings. The van der Waals surface area contributed by atoms with Crippen molar-refractivity contribution in [3.63, 3.8) is 0 Å². The number of benzene rings is 1. The van der Waals surface area contributed by atoms with Gasteiger partial charge < -0.3 is 10.4 Å². The largest absolute Gasteiger partial charge is 0.390 e. The predicted octanol–water partition coefficient (Wildman–Crippen LogP) is 2.56. The van der Waals surface area contributed by atoms with Crippen LogP contribution in [0.1, 0.15) is 6.92 Å². The summed E-state index contributed by atoms with van der Waals surface area (Å²) >= 11 is 7.21. The molecule has 1 amide bonds. The number of aliphatic imine (C=N–C) groups is 1. The Morgan fingerprint density at radius 2 is 2.40 bits per heavy atom. The Balaban J connectivity index is 2.15. The van der Waals surface area contributed by atoms with Crippen LogP contribution in [0.5, 0.6) is 0 Å². The van der Waals surface area contributed by atoms with Gasteiger partial charge in [-0.25, -0.2) is 4.39 Å². The number of halogens is 2. The second-order valence-electron chi connectivity index (χ2n) is 4.25. The maximum absolute atomic E-state index is 13.3. The molecule has 0 radical (unpaired) electrons. The van der Waals surface area contributed by atoms with Gasteiger partial charge in [-0.2, -0.15) is 0 Å². The number of thioether (sulfide) groups is 1. The van der Waals surface area contributed by atoms with Gasteiger partial charge in [0.25, 0.3) is 0 Å². The van der Waals surface area contributed by atoms with Crippen LogP contribution < -0.4 is 5.32 Å². The van der Waals surface area contributed by atoms with Crippen molar-refractivity contribution in [2.24, 2.45) is 10.9 Å². The smallest absolute Gasteiger partial charge is 0.236 e. The first kappa shape index (κ1) is 15.3. The van der Waals surface area contributed by atoms with Crippen molar-refractivity contribution in [3.05, 3.63) is 29.0 Å². The van der Waals surface area contributed by atoms with Crippen molar-refractivity contribution in [2.75, 3.05) is 17.6 Å². The highest BCUT2D eigenvalue weighted by Crippen LogP contribution is 2.28. The van der Waals surface area contributed by atoms with Crippen molar-refractivity contribution < 1.29 is 14.3 Å². The molecule has 1 aromatic rings. The highest BCUT2D eigenvalue weighted by atomic mass is 35.5. The number of carbonyl (C=O) groups is 1. The number of amides is 1. The normalized spacial score (nSPS) is 21.7. The molecule has 1 heterocycles. The molecule has 20 heavy (non-hydrogen) atoms. The van der Waals surface area contributed by atoms with Gasteiger partial charge in [0.05, 0.1) is 28.4 Å². The van der Waals surface area contributed by atoms with Crippen LogP contribution in [0.15, 0.2) is 23.2 Å². The van der Waals surface area contributed by atoms with Crippen molar-refractivity contribution in [2.45, 2.75) is 13.0 Å². The number of hydrogen-bond donors (Lipinski definition) is 2. The summed E-state index contributed by atoms with van der Waals surface area (Å²) in [5.41, 5.74) is 0.191. The molecule has 108 valence electrons. The van der Waals surface area contributed by atoms with Gasteiger partial charge in [0.2, 0.25) is 5.91 Å².